The Kier molecular flexibility index (Phi) is 1.37. The van der Waals surface area contributed by atoms with Gasteiger partial charge >= 0.3 is 12.4 Å². The van der Waals surface area contributed by atoms with Crippen LogP contribution in [0.1, 0.15) is 0 Å². The summed E-state index contributed by atoms with van der Waals surface area (Å²) in [5.74, 6) is 0. The molecule has 1 unspecified atom stereocenters. The van der Waals surface area contributed by atoms with Crippen molar-refractivity contribution in [1.29, 1.82) is 0 Å². The second-order valence-corrected chi connectivity index (χ2v) is 1.56. The third-order valence-electron chi connectivity index (χ3n) is 0.760. The SMILES string of the molecule is FC1OC(F)(F)OC1(F)F. The summed E-state index contributed by atoms with van der Waals surface area (Å²) in [5, 5.41) is 0. The van der Waals surface area contributed by atoms with Crippen molar-refractivity contribution in [3.05, 3.63) is 0 Å². The molecule has 1 atom stereocenters. The summed E-state index contributed by atoms with van der Waals surface area (Å²) in [6.07, 6.45) is -12.5. The molecule has 0 aromatic heterocycles. The summed E-state index contributed by atoms with van der Waals surface area (Å²) in [6, 6.07) is 0. The highest BCUT2D eigenvalue weighted by Crippen LogP contribution is 2.41. The molecule has 2 nitrogen and oxygen atoms in total. The third kappa shape index (κ3) is 1.19. The topological polar surface area (TPSA) is 18.5 Å². The van der Waals surface area contributed by atoms with E-state index in [1.807, 2.05) is 0 Å². The fourth-order valence-electron chi connectivity index (χ4n) is 0.418. The molecule has 0 aromatic rings. The zero-order valence-electron chi connectivity index (χ0n) is 4.28. The van der Waals surface area contributed by atoms with Crippen LogP contribution in [0.15, 0.2) is 0 Å². The molecule has 1 rings (SSSR count). The van der Waals surface area contributed by atoms with Gasteiger partial charge in [0.05, 0.1) is 0 Å². The van der Waals surface area contributed by atoms with Crippen LogP contribution < -0.4 is 0 Å². The summed E-state index contributed by atoms with van der Waals surface area (Å²) in [5.41, 5.74) is 0. The minimum Gasteiger partial charge on any atom is -0.251 e. The number of rotatable bonds is 0. The lowest BCUT2D eigenvalue weighted by Crippen LogP contribution is -2.26. The molecular weight excluding hydrogens is 163 g/mol. The lowest BCUT2D eigenvalue weighted by Gasteiger charge is -2.05. The highest BCUT2D eigenvalue weighted by Gasteiger charge is 2.62. The first-order valence-electron chi connectivity index (χ1n) is 2.11. The van der Waals surface area contributed by atoms with Crippen molar-refractivity contribution in [3.63, 3.8) is 0 Å². The number of hydrogen-bond acceptors (Lipinski definition) is 2. The van der Waals surface area contributed by atoms with Crippen LogP contribution in [-0.4, -0.2) is 18.8 Å². The van der Waals surface area contributed by atoms with E-state index in [1.165, 1.54) is 0 Å². The Balaban J connectivity index is 2.71. The molecule has 0 radical (unpaired) electrons. The van der Waals surface area contributed by atoms with Gasteiger partial charge in [-0.1, -0.05) is 0 Å². The van der Waals surface area contributed by atoms with Crippen molar-refractivity contribution < 1.29 is 31.4 Å². The highest BCUT2D eigenvalue weighted by atomic mass is 19.3. The Morgan fingerprint density at radius 2 is 1.60 bits per heavy atom. The Labute approximate surface area is 51.5 Å². The number of hydrogen-bond donors (Lipinski definition) is 0. The van der Waals surface area contributed by atoms with Gasteiger partial charge in [0.2, 0.25) is 0 Å². The molecule has 0 aliphatic carbocycles. The van der Waals surface area contributed by atoms with Gasteiger partial charge in [-0.15, -0.1) is 8.78 Å². The second kappa shape index (κ2) is 1.79. The predicted molar refractivity (Wildman–Crippen MR) is 17.0 cm³/mol. The van der Waals surface area contributed by atoms with Crippen molar-refractivity contribution in [2.24, 2.45) is 0 Å². The third-order valence-corrected chi connectivity index (χ3v) is 0.760. The van der Waals surface area contributed by atoms with Gasteiger partial charge < -0.3 is 0 Å². The normalized spacial score (nSPS) is 36.3. The lowest BCUT2D eigenvalue weighted by molar-refractivity contribution is -0.385. The molecular formula is C3HF5O2. The van der Waals surface area contributed by atoms with Gasteiger partial charge in [-0.2, -0.15) is 8.78 Å². The van der Waals surface area contributed by atoms with Crippen molar-refractivity contribution in [2.45, 2.75) is 18.8 Å². The Morgan fingerprint density at radius 3 is 1.70 bits per heavy atom. The zero-order valence-corrected chi connectivity index (χ0v) is 4.28. The van der Waals surface area contributed by atoms with Gasteiger partial charge in [-0.25, -0.2) is 9.13 Å². The van der Waals surface area contributed by atoms with Crippen LogP contribution in [0.25, 0.3) is 0 Å². The standard InChI is InChI=1S/C3HF5O2/c4-1-2(5,6)10-3(7,8)9-1/h1H. The molecule has 0 saturated carbocycles. The van der Waals surface area contributed by atoms with Crippen LogP contribution >= 0.6 is 0 Å². The van der Waals surface area contributed by atoms with Crippen LogP contribution in [0, 0.1) is 0 Å². The Hall–Kier alpha value is -0.430. The molecule has 0 spiro atoms. The summed E-state index contributed by atoms with van der Waals surface area (Å²) in [7, 11) is 0. The molecule has 1 fully saturated rings. The second-order valence-electron chi connectivity index (χ2n) is 1.56. The number of ether oxygens (including phenoxy) is 2. The quantitative estimate of drug-likeness (QED) is 0.504. The van der Waals surface area contributed by atoms with E-state index in [0.717, 1.165) is 0 Å². The predicted octanol–water partition coefficient (Wildman–Crippen LogP) is 1.47. The van der Waals surface area contributed by atoms with Crippen LogP contribution in [0.5, 0.6) is 0 Å². The number of halogens is 5. The Morgan fingerprint density at radius 1 is 1.10 bits per heavy atom. The van der Waals surface area contributed by atoms with Crippen molar-refractivity contribution in [1.82, 2.24) is 0 Å². The van der Waals surface area contributed by atoms with Crippen molar-refractivity contribution >= 4 is 0 Å². The largest absolute Gasteiger partial charge is 0.493 e. The van der Waals surface area contributed by atoms with Crippen LogP contribution in [0.2, 0.25) is 0 Å². The van der Waals surface area contributed by atoms with E-state index in [2.05, 4.69) is 9.47 Å². The van der Waals surface area contributed by atoms with Gasteiger partial charge in [-0.05, 0) is 0 Å². The molecule has 1 aliphatic rings. The van der Waals surface area contributed by atoms with Crippen LogP contribution in [-0.2, 0) is 9.47 Å². The molecule has 60 valence electrons. The average Bonchev–Trinajstić information content (AvgIpc) is 1.73. The van der Waals surface area contributed by atoms with E-state index in [4.69, 9.17) is 0 Å². The summed E-state index contributed by atoms with van der Waals surface area (Å²) in [6.45, 7) is 0. The molecule has 0 N–H and O–H groups in total. The summed E-state index contributed by atoms with van der Waals surface area (Å²) in [4.78, 5) is 0. The maximum atomic E-state index is 11.6. The molecule has 7 heteroatoms. The van der Waals surface area contributed by atoms with E-state index in [9.17, 15) is 22.0 Å². The maximum Gasteiger partial charge on any atom is 0.493 e. The highest BCUT2D eigenvalue weighted by molar-refractivity contribution is 4.65. The lowest BCUT2D eigenvalue weighted by atomic mass is 10.6. The molecule has 10 heavy (non-hydrogen) atoms. The first-order chi connectivity index (χ1) is 4.33. The van der Waals surface area contributed by atoms with Crippen LogP contribution in [0.3, 0.4) is 0 Å². The minimum absolute atomic E-state index is 2.58. The molecule has 0 amide bonds. The van der Waals surface area contributed by atoms with E-state index < -0.39 is 18.8 Å². The molecule has 1 heterocycles. The smallest absolute Gasteiger partial charge is 0.251 e. The average molecular weight is 164 g/mol. The fourth-order valence-corrected chi connectivity index (χ4v) is 0.418. The number of alkyl halides is 5. The van der Waals surface area contributed by atoms with Crippen LogP contribution in [0.4, 0.5) is 22.0 Å². The molecule has 0 aromatic carbocycles. The van der Waals surface area contributed by atoms with E-state index in [1.54, 1.807) is 0 Å². The van der Waals surface area contributed by atoms with Gasteiger partial charge in [0.25, 0.3) is 6.36 Å². The Bertz CT molecular complexity index is 146. The van der Waals surface area contributed by atoms with E-state index in [-0.39, 0.29) is 0 Å². The van der Waals surface area contributed by atoms with Gasteiger partial charge in [0.1, 0.15) is 0 Å². The van der Waals surface area contributed by atoms with E-state index in [0.29, 0.717) is 0 Å². The maximum absolute atomic E-state index is 11.6. The fraction of sp³-hybridized carbons (Fsp3) is 1.00. The molecule has 1 saturated heterocycles. The summed E-state index contributed by atoms with van der Waals surface area (Å²) >= 11 is 0. The van der Waals surface area contributed by atoms with Gasteiger partial charge in [0, 0.05) is 0 Å². The van der Waals surface area contributed by atoms with Crippen molar-refractivity contribution in [2.75, 3.05) is 0 Å². The first-order valence-corrected chi connectivity index (χ1v) is 2.11. The zero-order chi connectivity index (χ0) is 7.99. The minimum atomic E-state index is -4.55. The summed E-state index contributed by atoms with van der Waals surface area (Å²) < 4.78 is 63.3. The first kappa shape index (κ1) is 7.67. The van der Waals surface area contributed by atoms with Gasteiger partial charge in [0.15, 0.2) is 0 Å². The molecule has 0 bridgehead atoms. The van der Waals surface area contributed by atoms with E-state index >= 15 is 0 Å². The van der Waals surface area contributed by atoms with Gasteiger partial charge in [-0.3, -0.25) is 4.74 Å². The monoisotopic (exact) mass is 164 g/mol. The van der Waals surface area contributed by atoms with Crippen molar-refractivity contribution in [3.8, 4) is 0 Å². The molecule has 1 aliphatic heterocycles.